The van der Waals surface area contributed by atoms with Crippen LogP contribution in [0.25, 0.3) is 87.6 Å². The molecule has 16 aromatic rings. The first-order chi connectivity index (χ1) is 46.4. The van der Waals surface area contributed by atoms with Crippen LogP contribution in [0.5, 0.6) is 0 Å². The van der Waals surface area contributed by atoms with Gasteiger partial charge in [-0.2, -0.15) is 0 Å². The van der Waals surface area contributed by atoms with Crippen LogP contribution >= 0.6 is 0 Å². The minimum Gasteiger partial charge on any atom is -0.345 e. The molecule has 4 nitrogen and oxygen atoms in total. The summed E-state index contributed by atoms with van der Waals surface area (Å²) in [5, 5.41) is 9.93. The maximum Gasteiger partial charge on any atom is 0.0487 e. The summed E-state index contributed by atoms with van der Waals surface area (Å²) < 4.78 is 0. The smallest absolute Gasteiger partial charge is 0.0487 e. The molecular formula is C90H68N4. The quantitative estimate of drug-likeness (QED) is 0.108. The van der Waals surface area contributed by atoms with E-state index in [0.717, 1.165) is 45.5 Å². The van der Waals surface area contributed by atoms with Gasteiger partial charge in [0.1, 0.15) is 0 Å². The van der Waals surface area contributed by atoms with Crippen LogP contribution in [0.3, 0.4) is 0 Å². The van der Waals surface area contributed by atoms with Crippen molar-refractivity contribution >= 4 is 100.0 Å². The van der Waals surface area contributed by atoms with Gasteiger partial charge >= 0.3 is 0 Å². The van der Waals surface area contributed by atoms with Crippen molar-refractivity contribution in [3.63, 3.8) is 0 Å². The SMILES string of the molecule is CN(c1ccc(-c2ccc(N(c3ccc(-c4ccccc4)cc3)c3ccc4ccccc4c3)cc2)cc1)c1ccc2ccccc2c1.CN(c1ccc(-c2ccc(N(c3ccc(-c4ccccc4)cc3)c3ccc4ccccc4c3)cc2)cc1)c1cccc2ccccc12. The minimum atomic E-state index is 1.11. The molecule has 0 saturated carbocycles. The van der Waals surface area contributed by atoms with Crippen LogP contribution in [-0.2, 0) is 0 Å². The van der Waals surface area contributed by atoms with Gasteiger partial charge < -0.3 is 19.6 Å². The van der Waals surface area contributed by atoms with Crippen molar-refractivity contribution in [1.29, 1.82) is 0 Å². The summed E-state index contributed by atoms with van der Waals surface area (Å²) in [6.07, 6.45) is 0. The first-order valence-electron chi connectivity index (χ1n) is 32.1. The van der Waals surface area contributed by atoms with E-state index >= 15 is 0 Å². The molecule has 0 amide bonds. The molecule has 0 aliphatic rings. The number of fused-ring (bicyclic) bond motifs is 4. The predicted molar refractivity (Wildman–Crippen MR) is 403 cm³/mol. The molecule has 0 aromatic heterocycles. The Bertz CT molecular complexity index is 5230. The van der Waals surface area contributed by atoms with Crippen LogP contribution in [0.15, 0.2) is 376 Å². The third kappa shape index (κ3) is 12.3. The van der Waals surface area contributed by atoms with Crippen LogP contribution < -0.4 is 19.6 Å². The molecule has 0 atom stereocenters. The molecule has 16 rings (SSSR count). The van der Waals surface area contributed by atoms with Gasteiger partial charge in [0.25, 0.3) is 0 Å². The van der Waals surface area contributed by atoms with E-state index in [1.54, 1.807) is 0 Å². The topological polar surface area (TPSA) is 13.0 Å². The summed E-state index contributed by atoms with van der Waals surface area (Å²) in [5.74, 6) is 0. The fraction of sp³-hybridized carbons (Fsp3) is 0.0222. The minimum absolute atomic E-state index is 1.11. The predicted octanol–water partition coefficient (Wildman–Crippen LogP) is 25.1. The summed E-state index contributed by atoms with van der Waals surface area (Å²) in [6.45, 7) is 0. The Morgan fingerprint density at radius 3 is 0.787 bits per heavy atom. The number of anilines is 10. The normalized spacial score (nSPS) is 11.1. The third-order valence-electron chi connectivity index (χ3n) is 18.1. The van der Waals surface area contributed by atoms with Gasteiger partial charge in [-0.15, -0.1) is 0 Å². The Morgan fingerprint density at radius 2 is 0.415 bits per heavy atom. The first-order valence-corrected chi connectivity index (χ1v) is 32.1. The van der Waals surface area contributed by atoms with Crippen LogP contribution in [-0.4, -0.2) is 14.1 Å². The van der Waals surface area contributed by atoms with E-state index in [9.17, 15) is 0 Å². The Kier molecular flexibility index (Phi) is 16.3. The molecule has 0 aliphatic heterocycles. The van der Waals surface area contributed by atoms with E-state index in [2.05, 4.69) is 410 Å². The lowest BCUT2D eigenvalue weighted by Crippen LogP contribution is -2.10. The van der Waals surface area contributed by atoms with Crippen molar-refractivity contribution in [3.8, 4) is 44.5 Å². The van der Waals surface area contributed by atoms with Gasteiger partial charge in [-0.05, 0) is 197 Å². The second-order valence-corrected chi connectivity index (χ2v) is 23.9. The third-order valence-corrected chi connectivity index (χ3v) is 18.1. The standard InChI is InChI=1S/2C45H34N2/c1-46(44-29-21-34-11-5-7-13-39(34)31-44)41-23-15-37(16-24-41)38-19-27-43(28-20-38)47(45-30-22-35-12-6-8-14-40(35)32-45)42-25-17-36(18-26-42)33-9-3-2-4-10-33;1-46(45-17-9-15-38-13-7-8-16-44(38)45)40-25-18-36(19-26-40)37-22-29-42(30-23-37)47(43-31-24-34-12-5-6-14-39(34)32-43)41-27-20-35(21-28-41)33-10-3-2-4-11-33/h2*2-32H,1H3. The molecule has 4 heteroatoms. The lowest BCUT2D eigenvalue weighted by atomic mass is 10.0. The van der Waals surface area contributed by atoms with Gasteiger partial charge in [0, 0.05) is 76.4 Å². The van der Waals surface area contributed by atoms with E-state index in [4.69, 9.17) is 0 Å². The van der Waals surface area contributed by atoms with Crippen LogP contribution in [0.4, 0.5) is 56.9 Å². The molecule has 94 heavy (non-hydrogen) atoms. The van der Waals surface area contributed by atoms with Gasteiger partial charge in [0.05, 0.1) is 0 Å². The molecule has 0 bridgehead atoms. The van der Waals surface area contributed by atoms with Crippen molar-refractivity contribution in [2.75, 3.05) is 33.7 Å². The number of hydrogen-bond acceptors (Lipinski definition) is 4. The molecule has 0 aliphatic carbocycles. The number of rotatable bonds is 14. The molecule has 0 N–H and O–H groups in total. The highest BCUT2D eigenvalue weighted by Crippen LogP contribution is 2.42. The molecule has 0 spiro atoms. The highest BCUT2D eigenvalue weighted by atomic mass is 15.1. The lowest BCUT2D eigenvalue weighted by Gasteiger charge is -2.26. The Hall–Kier alpha value is -12.2. The summed E-state index contributed by atoms with van der Waals surface area (Å²) in [6, 6.07) is 135. The van der Waals surface area contributed by atoms with Crippen molar-refractivity contribution < 1.29 is 0 Å². The van der Waals surface area contributed by atoms with Crippen LogP contribution in [0.2, 0.25) is 0 Å². The molecule has 16 aromatic carbocycles. The van der Waals surface area contributed by atoms with Gasteiger partial charge in [0.15, 0.2) is 0 Å². The summed E-state index contributed by atoms with van der Waals surface area (Å²) in [4.78, 5) is 9.18. The van der Waals surface area contributed by atoms with Crippen molar-refractivity contribution in [2.45, 2.75) is 0 Å². The van der Waals surface area contributed by atoms with Crippen LogP contribution in [0, 0.1) is 0 Å². The molecule has 0 saturated heterocycles. The fourth-order valence-electron chi connectivity index (χ4n) is 12.9. The largest absolute Gasteiger partial charge is 0.345 e. The van der Waals surface area contributed by atoms with E-state index in [1.807, 2.05) is 0 Å². The average Bonchev–Trinajstić information content (AvgIpc) is 0.907. The molecular weight excluding hydrogens is 1140 g/mol. The molecule has 0 fully saturated rings. The lowest BCUT2D eigenvalue weighted by molar-refractivity contribution is 1.21. The second-order valence-electron chi connectivity index (χ2n) is 23.9. The van der Waals surface area contributed by atoms with Crippen molar-refractivity contribution in [3.05, 3.63) is 376 Å². The summed E-state index contributed by atoms with van der Waals surface area (Å²) in [7, 11) is 4.26. The second kappa shape index (κ2) is 26.3. The number of nitrogens with zero attached hydrogens (tertiary/aromatic N) is 4. The molecule has 0 radical (unpaired) electrons. The Morgan fingerprint density at radius 1 is 0.160 bits per heavy atom. The molecule has 0 unspecified atom stereocenters. The summed E-state index contributed by atoms with van der Waals surface area (Å²) >= 11 is 0. The Labute approximate surface area is 551 Å². The fourth-order valence-corrected chi connectivity index (χ4v) is 12.9. The molecule has 0 heterocycles. The van der Waals surface area contributed by atoms with Gasteiger partial charge in [-0.1, -0.05) is 261 Å². The average molecular weight is 1210 g/mol. The zero-order valence-corrected chi connectivity index (χ0v) is 52.6. The molecule has 448 valence electrons. The van der Waals surface area contributed by atoms with Gasteiger partial charge in [0.2, 0.25) is 0 Å². The van der Waals surface area contributed by atoms with E-state index in [1.165, 1.54) is 99.0 Å². The monoisotopic (exact) mass is 1200 g/mol. The van der Waals surface area contributed by atoms with Gasteiger partial charge in [-0.3, -0.25) is 0 Å². The summed E-state index contributed by atoms with van der Waals surface area (Å²) in [5.41, 5.74) is 21.0. The number of hydrogen-bond donors (Lipinski definition) is 0. The maximum absolute atomic E-state index is 2.34. The first kappa shape index (κ1) is 58.2. The maximum atomic E-state index is 2.34. The highest BCUT2D eigenvalue weighted by Gasteiger charge is 2.18. The van der Waals surface area contributed by atoms with Crippen molar-refractivity contribution in [2.24, 2.45) is 0 Å². The van der Waals surface area contributed by atoms with E-state index in [-0.39, 0.29) is 0 Å². The zero-order chi connectivity index (χ0) is 63.2. The van der Waals surface area contributed by atoms with Crippen LogP contribution in [0.1, 0.15) is 0 Å². The Balaban J connectivity index is 0.000000155. The van der Waals surface area contributed by atoms with E-state index in [0.29, 0.717) is 0 Å². The van der Waals surface area contributed by atoms with E-state index < -0.39 is 0 Å². The van der Waals surface area contributed by atoms with Gasteiger partial charge in [-0.25, -0.2) is 0 Å². The zero-order valence-electron chi connectivity index (χ0n) is 52.6. The van der Waals surface area contributed by atoms with Crippen molar-refractivity contribution in [1.82, 2.24) is 0 Å². The highest BCUT2D eigenvalue weighted by molar-refractivity contribution is 5.97. The number of benzene rings is 16.